The van der Waals surface area contributed by atoms with Crippen LogP contribution in [0, 0.1) is 13.8 Å². The highest BCUT2D eigenvalue weighted by Gasteiger charge is 2.42. The molecule has 2 aromatic rings. The van der Waals surface area contributed by atoms with E-state index in [9.17, 15) is 52.5 Å². The molecule has 30 heteroatoms. The molecule has 2 aliphatic heterocycles. The van der Waals surface area contributed by atoms with E-state index in [2.05, 4.69) is 27.2 Å². The number of nitrogens with one attached hydrogen (secondary N) is 2. The predicted molar refractivity (Wildman–Crippen MR) is 164 cm³/mol. The summed E-state index contributed by atoms with van der Waals surface area (Å²) in [5.41, 5.74) is -2.30. The number of ether oxygens (including phenoxy) is 2. The van der Waals surface area contributed by atoms with E-state index in [1.165, 1.54) is 26.1 Å². The number of hydrogen-bond acceptors (Lipinski definition) is 17. The number of aliphatic hydroxyl groups is 2. The van der Waals surface area contributed by atoms with Gasteiger partial charge in [-0.05, 0) is 13.8 Å². The van der Waals surface area contributed by atoms with E-state index in [1.54, 1.807) is 0 Å². The van der Waals surface area contributed by atoms with Crippen molar-refractivity contribution in [2.24, 2.45) is 0 Å². The van der Waals surface area contributed by atoms with Crippen molar-refractivity contribution in [1.29, 1.82) is 0 Å². The van der Waals surface area contributed by atoms with Gasteiger partial charge in [-0.3, -0.25) is 42.3 Å². The zero-order valence-electron chi connectivity index (χ0n) is 26.0. The highest BCUT2D eigenvalue weighted by atomic mass is 31.3. The van der Waals surface area contributed by atoms with Crippen molar-refractivity contribution >= 4 is 31.3 Å². The third-order valence-corrected chi connectivity index (χ3v) is 10.9. The molecule has 7 atom stereocenters. The summed E-state index contributed by atoms with van der Waals surface area (Å²) >= 11 is 0. The van der Waals surface area contributed by atoms with Crippen molar-refractivity contribution in [2.45, 2.75) is 38.5 Å². The molecule has 2 aromatic heterocycles. The Kier molecular flexibility index (Phi) is 13.5. The molecule has 3 unspecified atom stereocenters. The topological polar surface area (TPSA) is 384 Å². The van der Waals surface area contributed by atoms with Gasteiger partial charge in [0.1, 0.15) is 23.7 Å². The fourth-order valence-electron chi connectivity index (χ4n) is 3.83. The second-order valence-corrected chi connectivity index (χ2v) is 16.0. The number of rotatable bonds is 13. The van der Waals surface area contributed by atoms with Crippen LogP contribution in [0.5, 0.6) is 0 Å². The molecule has 0 radical (unpaired) electrons. The average Bonchev–Trinajstić information content (AvgIpc) is 3.54. The number of aromatic nitrogens is 4. The number of H-pyrrole nitrogens is 2. The molecule has 0 saturated carbocycles. The molecule has 4 heterocycles. The highest BCUT2D eigenvalue weighted by molar-refractivity contribution is 7.66. The van der Waals surface area contributed by atoms with Gasteiger partial charge in [0.05, 0.1) is 13.2 Å². The summed E-state index contributed by atoms with van der Waals surface area (Å²) in [6.45, 7) is 1.52. The molecule has 0 saturated heterocycles. The van der Waals surface area contributed by atoms with Crippen molar-refractivity contribution < 1.29 is 84.6 Å². The Balaban J connectivity index is 0.000000286. The maximum Gasteiger partial charge on any atom is 0.490 e. The lowest BCUT2D eigenvalue weighted by atomic mass is 10.3. The maximum atomic E-state index is 11.8. The molecule has 26 nitrogen and oxygen atoms in total. The van der Waals surface area contributed by atoms with Crippen LogP contribution in [0.2, 0.25) is 0 Å². The lowest BCUT2D eigenvalue weighted by Crippen LogP contribution is -2.33. The van der Waals surface area contributed by atoms with Crippen LogP contribution in [0.3, 0.4) is 0 Å². The maximum absolute atomic E-state index is 11.8. The van der Waals surface area contributed by atoms with Gasteiger partial charge in [0.25, 0.3) is 11.1 Å². The van der Waals surface area contributed by atoms with Crippen LogP contribution >= 0.6 is 31.3 Å². The number of phosphoric ester groups is 2. The number of aliphatic hydroxyl groups excluding tert-OH is 2. The van der Waals surface area contributed by atoms with Crippen molar-refractivity contribution in [1.82, 2.24) is 19.1 Å². The Morgan fingerprint density at radius 2 is 1.08 bits per heavy atom. The Morgan fingerprint density at radius 1 is 0.686 bits per heavy atom. The Morgan fingerprint density at radius 3 is 1.45 bits per heavy atom. The SMILES string of the molecule is COP(=O)(O)OC[C@H]1O[C@@H](n2cc(C)c(=O)[nH]c2=O)C=C1O.Cc1cn([C@H]2C=C(O)[C@@H](COP(=O)(O)OP(=O)(O)OP(=O)(O)O)O2)c(=O)[nH]c1=O. The van der Waals surface area contributed by atoms with Crippen molar-refractivity contribution in [3.63, 3.8) is 0 Å². The first-order valence-corrected chi connectivity index (χ1v) is 19.4. The normalized spacial score (nSPS) is 24.0. The number of aromatic amines is 2. The molecular weight excluding hydrogens is 784 g/mol. The first kappa shape index (κ1) is 42.3. The molecule has 0 bridgehead atoms. The van der Waals surface area contributed by atoms with Gasteiger partial charge in [-0.1, -0.05) is 0 Å². The number of hydrogen-bond donors (Lipinski definition) is 9. The average molecular weight is 814 g/mol. The van der Waals surface area contributed by atoms with E-state index in [0.717, 1.165) is 28.5 Å². The molecule has 9 N–H and O–H groups in total. The molecule has 0 aromatic carbocycles. The number of aryl methyl sites for hydroxylation is 2. The smallest absolute Gasteiger partial charge is 0.490 e. The van der Waals surface area contributed by atoms with Gasteiger partial charge in [-0.25, -0.2) is 27.8 Å². The molecule has 0 spiro atoms. The molecule has 0 amide bonds. The molecule has 286 valence electrons. The van der Waals surface area contributed by atoms with Gasteiger partial charge in [-0.15, -0.1) is 0 Å². The van der Waals surface area contributed by atoms with Crippen molar-refractivity contribution in [3.8, 4) is 0 Å². The fourth-order valence-corrected chi connectivity index (χ4v) is 7.28. The molecule has 0 aliphatic carbocycles. The Hall–Kier alpha value is -3.12. The monoisotopic (exact) mass is 814 g/mol. The van der Waals surface area contributed by atoms with Gasteiger partial charge < -0.3 is 44.2 Å². The first-order chi connectivity index (χ1) is 23.3. The summed E-state index contributed by atoms with van der Waals surface area (Å²) in [6.07, 6.45) is -0.0221. The van der Waals surface area contributed by atoms with E-state index in [0.29, 0.717) is 0 Å². The zero-order chi connectivity index (χ0) is 38.7. The number of nitrogens with zero attached hydrogens (tertiary/aromatic N) is 2. The molecule has 4 rings (SSSR count). The second-order valence-electron chi connectivity index (χ2n) is 10.0. The summed E-state index contributed by atoms with van der Waals surface area (Å²) < 4.78 is 77.5. The first-order valence-electron chi connectivity index (χ1n) is 13.4. The Labute approximate surface area is 282 Å². The van der Waals surface area contributed by atoms with Crippen LogP contribution in [0.1, 0.15) is 23.6 Å². The van der Waals surface area contributed by atoms with Crippen molar-refractivity contribution in [2.75, 3.05) is 20.3 Å². The van der Waals surface area contributed by atoms with Gasteiger partial charge in [0, 0.05) is 42.8 Å². The zero-order valence-corrected chi connectivity index (χ0v) is 29.5. The quantitative estimate of drug-likeness (QED) is 0.115. The minimum absolute atomic E-state index is 0.151. The van der Waals surface area contributed by atoms with Gasteiger partial charge >= 0.3 is 42.7 Å². The molecule has 0 fully saturated rings. The molecule has 2 aliphatic rings. The minimum atomic E-state index is -5.69. The van der Waals surface area contributed by atoms with Crippen LogP contribution in [-0.4, -0.2) is 86.3 Å². The largest absolute Gasteiger partial charge is 0.510 e. The van der Waals surface area contributed by atoms with Gasteiger partial charge in [0.15, 0.2) is 12.5 Å². The van der Waals surface area contributed by atoms with E-state index in [4.69, 9.17) is 29.0 Å². The predicted octanol–water partition coefficient (Wildman–Crippen LogP) is -0.525. The second kappa shape index (κ2) is 16.3. The minimum Gasteiger partial charge on any atom is -0.510 e. The van der Waals surface area contributed by atoms with Gasteiger partial charge in [-0.2, -0.15) is 8.62 Å². The standard InChI is InChI=1S/C11H15N2O8P.C10H15N2O14P3/c1-6-4-13(11(16)12-10(6)15)9-3-7(14)8(21-9)5-20-22(17,18)19-2;1-5-3-12(10(15)11-9(5)14)8-2-6(13)7(24-8)4-23-28(19,20)26-29(21,22)25-27(16,17)18/h3-4,8-9,14H,5H2,1-2H3,(H,17,18)(H,12,15,16);2-3,7-8,13H,4H2,1H3,(H,19,20)(H,21,22)(H,11,14,15)(H2,16,17,18)/t8-,9-;7-,8-/m11/s1. The van der Waals surface area contributed by atoms with E-state index >= 15 is 0 Å². The summed E-state index contributed by atoms with van der Waals surface area (Å²) in [5, 5.41) is 19.6. The third kappa shape index (κ3) is 12.2. The molecule has 51 heavy (non-hydrogen) atoms. The molecular formula is C21H30N4O22P4. The number of phosphoric acid groups is 4. The summed E-state index contributed by atoms with van der Waals surface area (Å²) in [4.78, 5) is 94.8. The van der Waals surface area contributed by atoms with Crippen LogP contribution in [-0.2, 0) is 49.9 Å². The van der Waals surface area contributed by atoms with Crippen LogP contribution in [0.25, 0.3) is 0 Å². The summed E-state index contributed by atoms with van der Waals surface area (Å²) in [5.74, 6) is -0.818. The third-order valence-electron chi connectivity index (χ3n) is 6.16. The van der Waals surface area contributed by atoms with E-state index < -0.39 is 97.4 Å². The summed E-state index contributed by atoms with van der Waals surface area (Å²) in [6, 6.07) is 0. The van der Waals surface area contributed by atoms with Gasteiger partial charge in [0.2, 0.25) is 0 Å². The van der Waals surface area contributed by atoms with Crippen molar-refractivity contribution in [3.05, 3.63) is 88.9 Å². The Bertz CT molecular complexity index is 2110. The summed E-state index contributed by atoms with van der Waals surface area (Å²) in [7, 11) is -19.8. The lowest BCUT2D eigenvalue weighted by Gasteiger charge is -2.19. The van der Waals surface area contributed by atoms with Crippen LogP contribution in [0.15, 0.2) is 55.2 Å². The highest BCUT2D eigenvalue weighted by Crippen LogP contribution is 2.66. The van der Waals surface area contributed by atoms with E-state index in [1.807, 2.05) is 4.98 Å². The lowest BCUT2D eigenvalue weighted by molar-refractivity contribution is -0.0255. The fraction of sp³-hybridized carbons (Fsp3) is 0.429. The van der Waals surface area contributed by atoms with E-state index in [-0.39, 0.29) is 16.9 Å². The van der Waals surface area contributed by atoms with Crippen LogP contribution < -0.4 is 22.5 Å². The van der Waals surface area contributed by atoms with Crippen LogP contribution in [0.4, 0.5) is 0 Å².